The van der Waals surface area contributed by atoms with E-state index < -0.39 is 5.54 Å². The van der Waals surface area contributed by atoms with Crippen LogP contribution in [-0.4, -0.2) is 5.54 Å². The first kappa shape index (κ1) is 8.55. The van der Waals surface area contributed by atoms with Crippen LogP contribution in [0.2, 0.25) is 0 Å². The van der Waals surface area contributed by atoms with Gasteiger partial charge in [-0.05, 0) is 18.8 Å². The van der Waals surface area contributed by atoms with Gasteiger partial charge in [-0.25, -0.2) is 0 Å². The van der Waals surface area contributed by atoms with E-state index in [0.717, 1.165) is 25.7 Å². The first-order chi connectivity index (χ1) is 5.23. The fraction of sp³-hybridized carbons (Fsp3) is 0.889. The highest BCUT2D eigenvalue weighted by Gasteiger charge is 2.35. The highest BCUT2D eigenvalue weighted by molar-refractivity contribution is 5.09. The molecule has 2 heteroatoms. The zero-order chi connectivity index (χ0) is 8.32. The van der Waals surface area contributed by atoms with Gasteiger partial charge in [0.2, 0.25) is 0 Å². The van der Waals surface area contributed by atoms with Crippen LogP contribution >= 0.6 is 0 Å². The molecular weight excluding hydrogens is 136 g/mol. The van der Waals surface area contributed by atoms with Gasteiger partial charge in [-0.2, -0.15) is 5.26 Å². The van der Waals surface area contributed by atoms with Crippen LogP contribution < -0.4 is 5.73 Å². The predicted molar refractivity (Wildman–Crippen MR) is 44.8 cm³/mol. The third kappa shape index (κ3) is 1.54. The summed E-state index contributed by atoms with van der Waals surface area (Å²) in [4.78, 5) is 0. The van der Waals surface area contributed by atoms with Crippen LogP contribution in [-0.2, 0) is 0 Å². The summed E-state index contributed by atoms with van der Waals surface area (Å²) in [7, 11) is 0. The molecule has 1 fully saturated rings. The number of rotatable bonds is 1. The Morgan fingerprint density at radius 1 is 1.64 bits per heavy atom. The summed E-state index contributed by atoms with van der Waals surface area (Å²) in [5.41, 5.74) is 5.45. The molecule has 0 heterocycles. The maximum Gasteiger partial charge on any atom is 0.107 e. The van der Waals surface area contributed by atoms with Crippen LogP contribution in [0.25, 0.3) is 0 Å². The normalized spacial score (nSPS) is 38.1. The van der Waals surface area contributed by atoms with Crippen molar-refractivity contribution in [2.24, 2.45) is 11.7 Å². The molecular formula is C9H16N2. The number of nitrogens with zero attached hydrogens (tertiary/aromatic N) is 1. The van der Waals surface area contributed by atoms with E-state index in [1.54, 1.807) is 0 Å². The minimum atomic E-state index is -0.507. The molecule has 0 amide bonds. The van der Waals surface area contributed by atoms with Gasteiger partial charge in [-0.15, -0.1) is 0 Å². The lowest BCUT2D eigenvalue weighted by Gasteiger charge is -2.34. The summed E-state index contributed by atoms with van der Waals surface area (Å²) in [6.07, 6.45) is 5.45. The van der Waals surface area contributed by atoms with Crippen molar-refractivity contribution in [1.29, 1.82) is 5.26 Å². The summed E-state index contributed by atoms with van der Waals surface area (Å²) in [6.45, 7) is 2.12. The first-order valence-electron chi connectivity index (χ1n) is 4.43. The van der Waals surface area contributed by atoms with Crippen molar-refractivity contribution in [3.05, 3.63) is 0 Å². The summed E-state index contributed by atoms with van der Waals surface area (Å²) in [6, 6.07) is 2.26. The first-order valence-corrected chi connectivity index (χ1v) is 4.43. The zero-order valence-electron chi connectivity index (χ0n) is 7.14. The summed E-state index contributed by atoms with van der Waals surface area (Å²) < 4.78 is 0. The molecule has 1 rings (SSSR count). The van der Waals surface area contributed by atoms with E-state index in [1.807, 2.05) is 0 Å². The maximum absolute atomic E-state index is 8.88. The second-order valence-corrected chi connectivity index (χ2v) is 3.50. The van der Waals surface area contributed by atoms with E-state index in [9.17, 15) is 0 Å². The molecule has 0 aliphatic heterocycles. The Labute approximate surface area is 68.4 Å². The van der Waals surface area contributed by atoms with Crippen molar-refractivity contribution in [3.63, 3.8) is 0 Å². The SMILES string of the molecule is CCC1CCCCC1(N)C#N. The smallest absolute Gasteiger partial charge is 0.107 e. The van der Waals surface area contributed by atoms with Crippen LogP contribution in [0.1, 0.15) is 39.0 Å². The Bertz CT molecular complexity index is 171. The Morgan fingerprint density at radius 2 is 2.36 bits per heavy atom. The minimum absolute atomic E-state index is 0.432. The van der Waals surface area contributed by atoms with Gasteiger partial charge in [-0.3, -0.25) is 0 Å². The van der Waals surface area contributed by atoms with Gasteiger partial charge in [-0.1, -0.05) is 26.2 Å². The van der Waals surface area contributed by atoms with Gasteiger partial charge in [0, 0.05) is 0 Å². The molecule has 0 spiro atoms. The lowest BCUT2D eigenvalue weighted by Crippen LogP contribution is -2.47. The van der Waals surface area contributed by atoms with Crippen molar-refractivity contribution in [1.82, 2.24) is 0 Å². The van der Waals surface area contributed by atoms with Gasteiger partial charge < -0.3 is 5.73 Å². The van der Waals surface area contributed by atoms with Crippen molar-refractivity contribution >= 4 is 0 Å². The lowest BCUT2D eigenvalue weighted by molar-refractivity contribution is 0.238. The van der Waals surface area contributed by atoms with E-state index in [2.05, 4.69) is 13.0 Å². The summed E-state index contributed by atoms with van der Waals surface area (Å²) in [5.74, 6) is 0.432. The average molecular weight is 152 g/mol. The lowest BCUT2D eigenvalue weighted by atomic mass is 9.73. The van der Waals surface area contributed by atoms with Gasteiger partial charge in [0.15, 0.2) is 0 Å². The van der Waals surface area contributed by atoms with E-state index in [-0.39, 0.29) is 0 Å². The fourth-order valence-corrected chi connectivity index (χ4v) is 1.99. The van der Waals surface area contributed by atoms with Gasteiger partial charge in [0.05, 0.1) is 6.07 Å². The highest BCUT2D eigenvalue weighted by Crippen LogP contribution is 2.33. The molecule has 0 aromatic carbocycles. The van der Waals surface area contributed by atoms with Crippen LogP contribution in [0, 0.1) is 17.2 Å². The number of hydrogen-bond donors (Lipinski definition) is 1. The van der Waals surface area contributed by atoms with Crippen LogP contribution in [0.3, 0.4) is 0 Å². The highest BCUT2D eigenvalue weighted by atomic mass is 14.8. The topological polar surface area (TPSA) is 49.8 Å². The second kappa shape index (κ2) is 3.23. The van der Waals surface area contributed by atoms with Crippen LogP contribution in [0.4, 0.5) is 0 Å². The van der Waals surface area contributed by atoms with Gasteiger partial charge in [0.25, 0.3) is 0 Å². The molecule has 2 unspecified atom stereocenters. The van der Waals surface area contributed by atoms with Crippen LogP contribution in [0.15, 0.2) is 0 Å². The molecule has 0 aromatic heterocycles. The third-order valence-electron chi connectivity index (χ3n) is 2.82. The van der Waals surface area contributed by atoms with Crippen molar-refractivity contribution in [2.45, 2.75) is 44.6 Å². The van der Waals surface area contributed by atoms with Crippen LogP contribution in [0.5, 0.6) is 0 Å². The van der Waals surface area contributed by atoms with Gasteiger partial charge >= 0.3 is 0 Å². The number of hydrogen-bond acceptors (Lipinski definition) is 2. The van der Waals surface area contributed by atoms with E-state index >= 15 is 0 Å². The largest absolute Gasteiger partial charge is 0.313 e. The van der Waals surface area contributed by atoms with Crippen molar-refractivity contribution in [3.8, 4) is 6.07 Å². The van der Waals surface area contributed by atoms with E-state index in [4.69, 9.17) is 11.0 Å². The number of nitrogens with two attached hydrogens (primary N) is 1. The van der Waals surface area contributed by atoms with Gasteiger partial charge in [0.1, 0.15) is 5.54 Å². The summed E-state index contributed by atoms with van der Waals surface area (Å²) >= 11 is 0. The fourth-order valence-electron chi connectivity index (χ4n) is 1.99. The molecule has 2 nitrogen and oxygen atoms in total. The standard InChI is InChI=1S/C9H16N2/c1-2-8-5-3-4-6-9(8,11)7-10/h8H,2-6,11H2,1H3. The molecule has 11 heavy (non-hydrogen) atoms. The Kier molecular flexibility index (Phi) is 2.51. The predicted octanol–water partition coefficient (Wildman–Crippen LogP) is 1.81. The molecule has 1 aliphatic rings. The number of nitriles is 1. The van der Waals surface area contributed by atoms with E-state index in [0.29, 0.717) is 5.92 Å². The zero-order valence-corrected chi connectivity index (χ0v) is 7.14. The molecule has 1 saturated carbocycles. The monoisotopic (exact) mass is 152 g/mol. The average Bonchev–Trinajstić information content (AvgIpc) is 2.05. The molecule has 62 valence electrons. The molecule has 0 bridgehead atoms. The quantitative estimate of drug-likeness (QED) is 0.623. The molecule has 0 aromatic rings. The Hall–Kier alpha value is -0.550. The maximum atomic E-state index is 8.88. The molecule has 2 N–H and O–H groups in total. The molecule has 2 atom stereocenters. The molecule has 0 radical (unpaired) electrons. The van der Waals surface area contributed by atoms with Crippen molar-refractivity contribution in [2.75, 3.05) is 0 Å². The van der Waals surface area contributed by atoms with Crippen molar-refractivity contribution < 1.29 is 0 Å². The minimum Gasteiger partial charge on any atom is -0.313 e. The third-order valence-corrected chi connectivity index (χ3v) is 2.82. The van der Waals surface area contributed by atoms with E-state index in [1.165, 1.54) is 6.42 Å². The Morgan fingerprint density at radius 3 is 2.82 bits per heavy atom. The molecule has 1 aliphatic carbocycles. The second-order valence-electron chi connectivity index (χ2n) is 3.50. The Balaban J connectivity index is 2.67. The molecule has 0 saturated heterocycles. The summed E-state index contributed by atoms with van der Waals surface area (Å²) in [5, 5.41) is 8.88.